The van der Waals surface area contributed by atoms with Crippen LogP contribution in [0.15, 0.2) is 69.8 Å². The Hall–Kier alpha value is -3.20. The Morgan fingerprint density at radius 1 is 1.07 bits per heavy atom. The molecule has 2 aromatic carbocycles. The van der Waals surface area contributed by atoms with E-state index in [-0.39, 0.29) is 22.3 Å². The number of nitrogens with zero attached hydrogens (tertiary/aromatic N) is 3. The molecule has 0 aliphatic heterocycles. The van der Waals surface area contributed by atoms with Crippen molar-refractivity contribution in [2.45, 2.75) is 17.7 Å². The third kappa shape index (κ3) is 3.24. The van der Waals surface area contributed by atoms with Crippen LogP contribution in [0.4, 0.5) is 4.39 Å². The van der Waals surface area contributed by atoms with E-state index in [0.29, 0.717) is 16.7 Å². The van der Waals surface area contributed by atoms with Gasteiger partial charge < -0.3 is 11.5 Å². The summed E-state index contributed by atoms with van der Waals surface area (Å²) in [4.78, 5) is 0.108. The lowest BCUT2D eigenvalue weighted by molar-refractivity contribution is 0.589. The van der Waals surface area contributed by atoms with Gasteiger partial charge in [-0.1, -0.05) is 18.2 Å². The van der Waals surface area contributed by atoms with Crippen LogP contribution in [0.5, 0.6) is 0 Å². The minimum Gasteiger partial charge on any atom is -0.369 e. The third-order valence-corrected chi connectivity index (χ3v) is 6.23. The fourth-order valence-corrected chi connectivity index (χ4v) is 4.49. The molecule has 0 bridgehead atoms. The number of hydrogen-bond acceptors (Lipinski definition) is 4. The maximum absolute atomic E-state index is 13.9. The zero-order valence-corrected chi connectivity index (χ0v) is 15.6. The number of halogens is 1. The normalized spacial score (nSPS) is 15.0. The lowest BCUT2D eigenvalue weighted by Gasteiger charge is -2.07. The number of rotatable bonds is 5. The van der Waals surface area contributed by atoms with Gasteiger partial charge in [0, 0.05) is 23.1 Å². The van der Waals surface area contributed by atoms with E-state index in [1.54, 1.807) is 24.3 Å². The standard InChI is InChI=1S/C19H18FN5O2S/c20-13-8-9-15-16(18(12-6-7-12)23-24-19(21)22)11-25(17(15)10-13)28(26,27)14-4-2-1-3-5-14/h1-5,8-12H,6-7H2,(H4,21,22,24)/b23-18+. The molecule has 144 valence electrons. The first-order chi connectivity index (χ1) is 13.4. The summed E-state index contributed by atoms with van der Waals surface area (Å²) in [5.74, 6) is -0.590. The molecule has 1 heterocycles. The van der Waals surface area contributed by atoms with Gasteiger partial charge in [-0.05, 0) is 43.2 Å². The Labute approximate surface area is 161 Å². The molecule has 0 amide bonds. The molecule has 3 aromatic rings. The number of aromatic nitrogens is 1. The lowest BCUT2D eigenvalue weighted by atomic mass is 10.1. The second-order valence-electron chi connectivity index (χ2n) is 6.60. The van der Waals surface area contributed by atoms with Crippen LogP contribution >= 0.6 is 0 Å². The number of fused-ring (bicyclic) bond motifs is 1. The number of hydrogen-bond donors (Lipinski definition) is 2. The van der Waals surface area contributed by atoms with Crippen molar-refractivity contribution < 1.29 is 12.8 Å². The average molecular weight is 399 g/mol. The highest BCUT2D eigenvalue weighted by atomic mass is 32.2. The fraction of sp³-hybridized carbons (Fsp3) is 0.158. The van der Waals surface area contributed by atoms with E-state index in [2.05, 4.69) is 10.2 Å². The van der Waals surface area contributed by atoms with Gasteiger partial charge in [0.2, 0.25) is 5.96 Å². The molecule has 1 aliphatic rings. The van der Waals surface area contributed by atoms with Gasteiger partial charge in [0.05, 0.1) is 16.1 Å². The summed E-state index contributed by atoms with van der Waals surface area (Å²) in [6.07, 6.45) is 3.27. The van der Waals surface area contributed by atoms with Gasteiger partial charge in [-0.15, -0.1) is 5.10 Å². The average Bonchev–Trinajstić information content (AvgIpc) is 3.43. The lowest BCUT2D eigenvalue weighted by Crippen LogP contribution is -2.22. The maximum atomic E-state index is 13.9. The molecule has 9 heteroatoms. The first-order valence-electron chi connectivity index (χ1n) is 8.66. The molecule has 0 radical (unpaired) electrons. The van der Waals surface area contributed by atoms with E-state index in [1.165, 1.54) is 30.5 Å². The van der Waals surface area contributed by atoms with E-state index in [0.717, 1.165) is 16.8 Å². The van der Waals surface area contributed by atoms with Crippen LogP contribution < -0.4 is 11.5 Å². The predicted octanol–water partition coefficient (Wildman–Crippen LogP) is 2.40. The quantitative estimate of drug-likeness (QED) is 0.389. The van der Waals surface area contributed by atoms with E-state index >= 15 is 0 Å². The molecule has 4 rings (SSSR count). The van der Waals surface area contributed by atoms with Crippen molar-refractivity contribution in [3.05, 3.63) is 66.1 Å². The molecule has 1 aromatic heterocycles. The van der Waals surface area contributed by atoms with Crippen molar-refractivity contribution >= 4 is 32.6 Å². The zero-order valence-electron chi connectivity index (χ0n) is 14.8. The maximum Gasteiger partial charge on any atom is 0.268 e. The molecule has 0 unspecified atom stereocenters. The monoisotopic (exact) mass is 399 g/mol. The highest BCUT2D eigenvalue weighted by Crippen LogP contribution is 2.37. The van der Waals surface area contributed by atoms with Crippen molar-refractivity contribution in [2.24, 2.45) is 27.6 Å². The summed E-state index contributed by atoms with van der Waals surface area (Å²) in [5, 5.41) is 8.46. The molecule has 0 saturated heterocycles. The van der Waals surface area contributed by atoms with Crippen LogP contribution in [0.1, 0.15) is 18.4 Å². The number of benzene rings is 2. The zero-order chi connectivity index (χ0) is 19.9. The predicted molar refractivity (Wildman–Crippen MR) is 106 cm³/mol. The van der Waals surface area contributed by atoms with Crippen molar-refractivity contribution in [3.8, 4) is 0 Å². The van der Waals surface area contributed by atoms with E-state index in [4.69, 9.17) is 11.5 Å². The van der Waals surface area contributed by atoms with Crippen LogP contribution in [0.25, 0.3) is 10.9 Å². The second kappa shape index (κ2) is 6.75. The van der Waals surface area contributed by atoms with Crippen molar-refractivity contribution in [1.29, 1.82) is 0 Å². The number of nitrogens with two attached hydrogens (primary N) is 2. The van der Waals surface area contributed by atoms with Crippen LogP contribution in [0, 0.1) is 11.7 Å². The van der Waals surface area contributed by atoms with Gasteiger partial charge in [0.1, 0.15) is 5.82 Å². The van der Waals surface area contributed by atoms with Crippen LogP contribution in [-0.4, -0.2) is 24.1 Å². The minimum absolute atomic E-state index is 0.108. The van der Waals surface area contributed by atoms with Crippen molar-refractivity contribution in [3.63, 3.8) is 0 Å². The Bertz CT molecular complexity index is 1210. The van der Waals surface area contributed by atoms with Crippen LogP contribution in [-0.2, 0) is 10.0 Å². The van der Waals surface area contributed by atoms with E-state index in [9.17, 15) is 12.8 Å². The highest BCUT2D eigenvalue weighted by Gasteiger charge is 2.32. The molecule has 4 N–H and O–H groups in total. The molecular formula is C19H18FN5O2S. The van der Waals surface area contributed by atoms with E-state index in [1.807, 2.05) is 0 Å². The SMILES string of the molecule is NC(N)=N/N=C(/c1cn(S(=O)(=O)c2ccccc2)c2cc(F)ccc12)C1CC1. The summed E-state index contributed by atoms with van der Waals surface area (Å²) in [5.41, 5.74) is 12.2. The molecule has 0 atom stereocenters. The summed E-state index contributed by atoms with van der Waals surface area (Å²) in [7, 11) is -3.92. The summed E-state index contributed by atoms with van der Waals surface area (Å²) < 4.78 is 41.4. The largest absolute Gasteiger partial charge is 0.369 e. The molecular weight excluding hydrogens is 381 g/mol. The summed E-state index contributed by atoms with van der Waals surface area (Å²) >= 11 is 0. The summed E-state index contributed by atoms with van der Waals surface area (Å²) in [6, 6.07) is 12.0. The van der Waals surface area contributed by atoms with E-state index < -0.39 is 15.8 Å². The third-order valence-electron chi connectivity index (χ3n) is 4.55. The second-order valence-corrected chi connectivity index (χ2v) is 8.42. The minimum atomic E-state index is -3.92. The Balaban J connectivity index is 1.98. The van der Waals surface area contributed by atoms with Crippen molar-refractivity contribution in [1.82, 2.24) is 3.97 Å². The van der Waals surface area contributed by atoms with Gasteiger partial charge >= 0.3 is 0 Å². The summed E-state index contributed by atoms with van der Waals surface area (Å²) in [6.45, 7) is 0. The van der Waals surface area contributed by atoms with Gasteiger partial charge in [-0.25, -0.2) is 16.8 Å². The van der Waals surface area contributed by atoms with Gasteiger partial charge in [-0.2, -0.15) is 5.10 Å². The molecule has 1 fully saturated rings. The van der Waals surface area contributed by atoms with Crippen molar-refractivity contribution in [2.75, 3.05) is 0 Å². The number of guanidine groups is 1. The highest BCUT2D eigenvalue weighted by molar-refractivity contribution is 7.90. The molecule has 28 heavy (non-hydrogen) atoms. The Morgan fingerprint density at radius 2 is 1.79 bits per heavy atom. The van der Waals surface area contributed by atoms with Gasteiger partial charge in [0.15, 0.2) is 0 Å². The first kappa shape index (κ1) is 18.2. The topological polar surface area (TPSA) is 116 Å². The first-order valence-corrected chi connectivity index (χ1v) is 10.1. The van der Waals surface area contributed by atoms with Gasteiger partial charge in [-0.3, -0.25) is 0 Å². The molecule has 1 aliphatic carbocycles. The Morgan fingerprint density at radius 3 is 2.43 bits per heavy atom. The van der Waals surface area contributed by atoms with Crippen LogP contribution in [0.3, 0.4) is 0 Å². The van der Waals surface area contributed by atoms with Gasteiger partial charge in [0.25, 0.3) is 10.0 Å². The molecule has 7 nitrogen and oxygen atoms in total. The van der Waals surface area contributed by atoms with Crippen LogP contribution in [0.2, 0.25) is 0 Å². The molecule has 0 spiro atoms. The fourth-order valence-electron chi connectivity index (χ4n) is 3.10. The Kier molecular flexibility index (Phi) is 4.38. The molecule has 1 saturated carbocycles. The smallest absolute Gasteiger partial charge is 0.268 e.